The minimum Gasteiger partial charge on any atom is -0.480 e. The smallest absolute Gasteiger partial charge is 0.319 e. The molecule has 1 saturated carbocycles. The van der Waals surface area contributed by atoms with Gasteiger partial charge in [-0.3, -0.25) is 24.1 Å². The first-order valence-electron chi connectivity index (χ1n) is 5.73. The SMILES string of the molecule is CN1C(=O)CC(NC(=O)C2(C(=O)O)CCC2)C1=O. The Hall–Kier alpha value is -1.92. The highest BCUT2D eigenvalue weighted by atomic mass is 16.4. The number of nitrogens with zero attached hydrogens (tertiary/aromatic N) is 1. The van der Waals surface area contributed by atoms with E-state index in [-0.39, 0.29) is 25.2 Å². The van der Waals surface area contributed by atoms with E-state index in [0.717, 1.165) is 4.90 Å². The van der Waals surface area contributed by atoms with E-state index in [1.807, 2.05) is 0 Å². The van der Waals surface area contributed by atoms with Crippen LogP contribution in [0.4, 0.5) is 0 Å². The number of carbonyl (C=O) groups excluding carboxylic acids is 3. The number of rotatable bonds is 3. The summed E-state index contributed by atoms with van der Waals surface area (Å²) < 4.78 is 0. The van der Waals surface area contributed by atoms with Crippen LogP contribution in [-0.4, -0.2) is 46.8 Å². The molecule has 2 rings (SSSR count). The summed E-state index contributed by atoms with van der Waals surface area (Å²) in [5.41, 5.74) is -1.41. The zero-order chi connectivity index (χ0) is 13.5. The highest BCUT2D eigenvalue weighted by molar-refractivity contribution is 6.09. The number of carboxylic acids is 1. The van der Waals surface area contributed by atoms with Gasteiger partial charge in [-0.15, -0.1) is 0 Å². The molecule has 1 heterocycles. The van der Waals surface area contributed by atoms with E-state index in [1.165, 1.54) is 7.05 Å². The zero-order valence-corrected chi connectivity index (χ0v) is 9.93. The van der Waals surface area contributed by atoms with Gasteiger partial charge in [0.1, 0.15) is 11.5 Å². The van der Waals surface area contributed by atoms with Crippen molar-refractivity contribution in [1.29, 1.82) is 0 Å². The molecule has 18 heavy (non-hydrogen) atoms. The maximum absolute atomic E-state index is 11.9. The molecule has 1 saturated heterocycles. The average molecular weight is 254 g/mol. The monoisotopic (exact) mass is 254 g/mol. The van der Waals surface area contributed by atoms with Crippen LogP contribution in [-0.2, 0) is 19.2 Å². The molecule has 7 heteroatoms. The standard InChI is InChI=1S/C11H14N2O5/c1-13-7(14)5-6(8(13)15)12-9(16)11(10(17)18)3-2-4-11/h6H,2-5H2,1H3,(H,12,16)(H,17,18). The number of nitrogens with one attached hydrogen (secondary N) is 1. The first kappa shape index (κ1) is 12.5. The molecule has 7 nitrogen and oxygen atoms in total. The van der Waals surface area contributed by atoms with Crippen LogP contribution in [0.25, 0.3) is 0 Å². The summed E-state index contributed by atoms with van der Waals surface area (Å²) in [4.78, 5) is 46.9. The second kappa shape index (κ2) is 4.08. The molecule has 1 aliphatic carbocycles. The van der Waals surface area contributed by atoms with Crippen LogP contribution in [0, 0.1) is 5.41 Å². The van der Waals surface area contributed by atoms with E-state index in [2.05, 4.69) is 5.32 Å². The number of carboxylic acid groups (broad SMARTS) is 1. The fourth-order valence-electron chi connectivity index (χ4n) is 2.23. The summed E-state index contributed by atoms with van der Waals surface area (Å²) in [5.74, 6) is -2.70. The van der Waals surface area contributed by atoms with Gasteiger partial charge in [0, 0.05) is 7.05 Å². The van der Waals surface area contributed by atoms with Crippen LogP contribution in [0.5, 0.6) is 0 Å². The molecule has 2 N–H and O–H groups in total. The quantitative estimate of drug-likeness (QED) is 0.502. The number of aliphatic carboxylic acids is 1. The zero-order valence-electron chi connectivity index (χ0n) is 9.93. The molecule has 1 aliphatic heterocycles. The molecule has 2 fully saturated rings. The second-order valence-electron chi connectivity index (χ2n) is 4.76. The van der Waals surface area contributed by atoms with Crippen molar-refractivity contribution in [1.82, 2.24) is 10.2 Å². The van der Waals surface area contributed by atoms with E-state index in [1.54, 1.807) is 0 Å². The molecule has 0 bridgehead atoms. The highest BCUT2D eigenvalue weighted by Gasteiger charge is 2.52. The van der Waals surface area contributed by atoms with Gasteiger partial charge in [0.2, 0.25) is 11.8 Å². The first-order valence-corrected chi connectivity index (χ1v) is 5.73. The molecular weight excluding hydrogens is 240 g/mol. The molecular formula is C11H14N2O5. The Balaban J connectivity index is 2.07. The van der Waals surface area contributed by atoms with Crippen LogP contribution in [0.1, 0.15) is 25.7 Å². The van der Waals surface area contributed by atoms with Crippen LogP contribution < -0.4 is 5.32 Å². The third-order valence-electron chi connectivity index (χ3n) is 3.74. The summed E-state index contributed by atoms with van der Waals surface area (Å²) >= 11 is 0. The highest BCUT2D eigenvalue weighted by Crippen LogP contribution is 2.41. The van der Waals surface area contributed by atoms with Gasteiger partial charge in [-0.2, -0.15) is 0 Å². The third-order valence-corrected chi connectivity index (χ3v) is 3.74. The Bertz CT molecular complexity index is 441. The number of carbonyl (C=O) groups is 4. The van der Waals surface area contributed by atoms with E-state index >= 15 is 0 Å². The number of hydrogen-bond acceptors (Lipinski definition) is 4. The number of likely N-dealkylation sites (tertiary alicyclic amines) is 1. The predicted molar refractivity (Wildman–Crippen MR) is 58.2 cm³/mol. The molecule has 0 aromatic heterocycles. The fourth-order valence-corrected chi connectivity index (χ4v) is 2.23. The van der Waals surface area contributed by atoms with Crippen molar-refractivity contribution >= 4 is 23.7 Å². The molecule has 0 radical (unpaired) electrons. The number of likely N-dealkylation sites (N-methyl/N-ethyl adjacent to an activating group) is 1. The number of imide groups is 1. The molecule has 3 amide bonds. The molecule has 0 aromatic rings. The lowest BCUT2D eigenvalue weighted by Gasteiger charge is -2.36. The maximum Gasteiger partial charge on any atom is 0.319 e. The van der Waals surface area contributed by atoms with E-state index in [0.29, 0.717) is 6.42 Å². The van der Waals surface area contributed by atoms with Gasteiger partial charge in [0.05, 0.1) is 6.42 Å². The van der Waals surface area contributed by atoms with Crippen molar-refractivity contribution in [3.05, 3.63) is 0 Å². The average Bonchev–Trinajstić information content (AvgIpc) is 2.44. The predicted octanol–water partition coefficient (Wildman–Crippen LogP) is -0.885. The van der Waals surface area contributed by atoms with Crippen molar-refractivity contribution in [3.63, 3.8) is 0 Å². The van der Waals surface area contributed by atoms with Gasteiger partial charge >= 0.3 is 5.97 Å². The van der Waals surface area contributed by atoms with Crippen molar-refractivity contribution < 1.29 is 24.3 Å². The van der Waals surface area contributed by atoms with Crippen molar-refractivity contribution in [2.75, 3.05) is 7.05 Å². The van der Waals surface area contributed by atoms with Gasteiger partial charge in [0.25, 0.3) is 5.91 Å². The van der Waals surface area contributed by atoms with Crippen LogP contribution in [0.3, 0.4) is 0 Å². The number of amides is 3. The van der Waals surface area contributed by atoms with Gasteiger partial charge in [-0.25, -0.2) is 0 Å². The summed E-state index contributed by atoms with van der Waals surface area (Å²) in [7, 11) is 1.34. The van der Waals surface area contributed by atoms with Crippen molar-refractivity contribution in [3.8, 4) is 0 Å². The molecule has 0 aromatic carbocycles. The largest absolute Gasteiger partial charge is 0.480 e. The Morgan fingerprint density at radius 1 is 1.39 bits per heavy atom. The van der Waals surface area contributed by atoms with Crippen LogP contribution >= 0.6 is 0 Å². The Morgan fingerprint density at radius 3 is 2.33 bits per heavy atom. The summed E-state index contributed by atoms with van der Waals surface area (Å²) in [6.45, 7) is 0. The normalized spacial score (nSPS) is 25.8. The third kappa shape index (κ3) is 1.66. The first-order chi connectivity index (χ1) is 8.38. The van der Waals surface area contributed by atoms with E-state index < -0.39 is 29.2 Å². The lowest BCUT2D eigenvalue weighted by molar-refractivity contribution is -0.162. The minimum atomic E-state index is -1.41. The van der Waals surface area contributed by atoms with E-state index in [9.17, 15) is 19.2 Å². The summed E-state index contributed by atoms with van der Waals surface area (Å²) in [6, 6.07) is -0.924. The molecule has 0 spiro atoms. The Morgan fingerprint density at radius 2 is 2.00 bits per heavy atom. The molecule has 1 atom stereocenters. The second-order valence-corrected chi connectivity index (χ2v) is 4.76. The maximum atomic E-state index is 11.9. The number of hydrogen-bond donors (Lipinski definition) is 2. The van der Waals surface area contributed by atoms with Crippen LogP contribution in [0.2, 0.25) is 0 Å². The Kier molecular flexibility index (Phi) is 2.84. The molecule has 98 valence electrons. The van der Waals surface area contributed by atoms with Crippen molar-refractivity contribution in [2.45, 2.75) is 31.7 Å². The Labute approximate surface area is 103 Å². The van der Waals surface area contributed by atoms with Gasteiger partial charge < -0.3 is 10.4 Å². The van der Waals surface area contributed by atoms with Crippen LogP contribution in [0.15, 0.2) is 0 Å². The van der Waals surface area contributed by atoms with Gasteiger partial charge in [-0.1, -0.05) is 6.42 Å². The van der Waals surface area contributed by atoms with Gasteiger partial charge in [-0.05, 0) is 12.8 Å². The summed E-state index contributed by atoms with van der Waals surface area (Å²) in [5, 5.41) is 11.5. The molecule has 2 aliphatic rings. The van der Waals surface area contributed by atoms with Gasteiger partial charge in [0.15, 0.2) is 0 Å². The van der Waals surface area contributed by atoms with Crippen molar-refractivity contribution in [2.24, 2.45) is 5.41 Å². The summed E-state index contributed by atoms with van der Waals surface area (Å²) in [6.07, 6.45) is 1.13. The molecule has 1 unspecified atom stereocenters. The topological polar surface area (TPSA) is 104 Å². The lowest BCUT2D eigenvalue weighted by Crippen LogP contribution is -2.54. The lowest BCUT2D eigenvalue weighted by atomic mass is 9.68. The fraction of sp³-hybridized carbons (Fsp3) is 0.636. The minimum absolute atomic E-state index is 0.100. The van der Waals surface area contributed by atoms with E-state index in [4.69, 9.17) is 5.11 Å².